The van der Waals surface area contributed by atoms with E-state index in [2.05, 4.69) is 32.9 Å². The molecule has 3 heteroatoms. The Bertz CT molecular complexity index is 495. The summed E-state index contributed by atoms with van der Waals surface area (Å²) >= 11 is 5.75. The normalized spacial score (nSPS) is 23.1. The number of amides is 1. The van der Waals surface area contributed by atoms with Crippen molar-refractivity contribution in [3.63, 3.8) is 0 Å². The molecule has 0 aromatic heterocycles. The fraction of sp³-hybridized carbons (Fsp3) is 0.400. The summed E-state index contributed by atoms with van der Waals surface area (Å²) in [5.41, 5.74) is 3.30. The number of benzene rings is 1. The second kappa shape index (κ2) is 5.15. The number of hydrogen-bond donors (Lipinski definition) is 0. The van der Waals surface area contributed by atoms with Crippen molar-refractivity contribution in [1.29, 1.82) is 0 Å². The van der Waals surface area contributed by atoms with Crippen LogP contribution >= 0.6 is 11.6 Å². The lowest BCUT2D eigenvalue weighted by Crippen LogP contribution is -2.42. The van der Waals surface area contributed by atoms with E-state index in [1.807, 2.05) is 23.1 Å². The third-order valence-electron chi connectivity index (χ3n) is 3.65. The summed E-state index contributed by atoms with van der Waals surface area (Å²) in [4.78, 5) is 13.9. The minimum atomic E-state index is -0.0356. The highest BCUT2D eigenvalue weighted by molar-refractivity contribution is 6.29. The van der Waals surface area contributed by atoms with Crippen LogP contribution in [0.3, 0.4) is 0 Å². The SMILES string of the molecule is CC1=CC(C)C(C)N(C(=O)CCl)c2ccccc21. The molecular weight excluding hydrogens is 246 g/mol. The summed E-state index contributed by atoms with van der Waals surface area (Å²) in [6.45, 7) is 6.30. The van der Waals surface area contributed by atoms with Crippen LogP contribution in [0.15, 0.2) is 30.3 Å². The van der Waals surface area contributed by atoms with Crippen molar-refractivity contribution in [1.82, 2.24) is 0 Å². The van der Waals surface area contributed by atoms with Gasteiger partial charge in [0.15, 0.2) is 0 Å². The van der Waals surface area contributed by atoms with Crippen LogP contribution in [-0.4, -0.2) is 17.8 Å². The molecule has 0 spiro atoms. The number of carbonyl (C=O) groups excluding carboxylic acids is 1. The van der Waals surface area contributed by atoms with Gasteiger partial charge in [-0.3, -0.25) is 4.79 Å². The van der Waals surface area contributed by atoms with Crippen molar-refractivity contribution in [2.75, 3.05) is 10.8 Å². The van der Waals surface area contributed by atoms with Crippen LogP contribution < -0.4 is 4.90 Å². The molecule has 18 heavy (non-hydrogen) atoms. The van der Waals surface area contributed by atoms with Crippen LogP contribution in [0.1, 0.15) is 26.3 Å². The highest BCUT2D eigenvalue weighted by atomic mass is 35.5. The molecule has 2 unspecified atom stereocenters. The fourth-order valence-electron chi connectivity index (χ4n) is 2.52. The first-order valence-electron chi connectivity index (χ1n) is 6.22. The second-order valence-electron chi connectivity index (χ2n) is 4.86. The van der Waals surface area contributed by atoms with Gasteiger partial charge in [-0.15, -0.1) is 11.6 Å². The summed E-state index contributed by atoms with van der Waals surface area (Å²) < 4.78 is 0. The molecule has 2 rings (SSSR count). The van der Waals surface area contributed by atoms with Gasteiger partial charge in [-0.05, 0) is 31.4 Å². The van der Waals surface area contributed by atoms with Gasteiger partial charge in [-0.1, -0.05) is 31.2 Å². The van der Waals surface area contributed by atoms with Gasteiger partial charge < -0.3 is 4.90 Å². The summed E-state index contributed by atoms with van der Waals surface area (Å²) in [6.07, 6.45) is 2.23. The maximum atomic E-state index is 12.1. The van der Waals surface area contributed by atoms with Crippen LogP contribution in [0.5, 0.6) is 0 Å². The molecule has 0 saturated carbocycles. The fourth-order valence-corrected chi connectivity index (χ4v) is 2.65. The van der Waals surface area contributed by atoms with Crippen LogP contribution in [0.25, 0.3) is 5.57 Å². The first-order valence-corrected chi connectivity index (χ1v) is 6.75. The number of fused-ring (bicyclic) bond motifs is 1. The van der Waals surface area contributed by atoms with Gasteiger partial charge in [0.05, 0.1) is 5.69 Å². The standard InChI is InChI=1S/C15H18ClNO/c1-10-8-11(2)13-6-4-5-7-14(13)17(12(10)3)15(18)9-16/h4-8,10,12H,9H2,1-3H3. The summed E-state index contributed by atoms with van der Waals surface area (Å²) in [5.74, 6) is 0.292. The Hall–Kier alpha value is -1.28. The smallest absolute Gasteiger partial charge is 0.242 e. The average Bonchev–Trinajstić information content (AvgIpc) is 2.46. The molecule has 1 amide bonds. The maximum Gasteiger partial charge on any atom is 0.242 e. The number of alkyl halides is 1. The van der Waals surface area contributed by atoms with Crippen molar-refractivity contribution in [2.24, 2.45) is 5.92 Å². The number of carbonyl (C=O) groups is 1. The van der Waals surface area contributed by atoms with Crippen molar-refractivity contribution >= 4 is 28.8 Å². The molecule has 0 bridgehead atoms. The molecule has 0 N–H and O–H groups in total. The van der Waals surface area contributed by atoms with E-state index in [1.54, 1.807) is 0 Å². The third-order valence-corrected chi connectivity index (χ3v) is 3.88. The lowest BCUT2D eigenvalue weighted by Gasteiger charge is -2.31. The van der Waals surface area contributed by atoms with Crippen molar-refractivity contribution < 1.29 is 4.79 Å². The molecule has 1 aromatic carbocycles. The van der Waals surface area contributed by atoms with Gasteiger partial charge in [-0.25, -0.2) is 0 Å². The number of hydrogen-bond acceptors (Lipinski definition) is 1. The van der Waals surface area contributed by atoms with Gasteiger partial charge in [0, 0.05) is 11.6 Å². The highest BCUT2D eigenvalue weighted by Crippen LogP contribution is 2.34. The minimum Gasteiger partial charge on any atom is -0.307 e. The Morgan fingerprint density at radius 2 is 2.00 bits per heavy atom. The zero-order chi connectivity index (χ0) is 13.3. The molecule has 2 nitrogen and oxygen atoms in total. The zero-order valence-electron chi connectivity index (χ0n) is 11.0. The lowest BCUT2D eigenvalue weighted by molar-refractivity contribution is -0.116. The molecule has 1 aromatic rings. The summed E-state index contributed by atoms with van der Waals surface area (Å²) in [7, 11) is 0. The minimum absolute atomic E-state index is 0.0183. The van der Waals surface area contributed by atoms with Gasteiger partial charge in [0.1, 0.15) is 5.88 Å². The monoisotopic (exact) mass is 263 g/mol. The quantitative estimate of drug-likeness (QED) is 0.708. The van der Waals surface area contributed by atoms with E-state index in [-0.39, 0.29) is 17.8 Å². The first-order chi connectivity index (χ1) is 8.56. The number of halogens is 1. The van der Waals surface area contributed by atoms with E-state index in [0.29, 0.717) is 5.92 Å². The van der Waals surface area contributed by atoms with E-state index in [9.17, 15) is 4.79 Å². The van der Waals surface area contributed by atoms with E-state index in [0.717, 1.165) is 11.3 Å². The topological polar surface area (TPSA) is 20.3 Å². The van der Waals surface area contributed by atoms with E-state index in [1.165, 1.54) is 5.57 Å². The Morgan fingerprint density at radius 3 is 2.67 bits per heavy atom. The molecular formula is C15H18ClNO. The first kappa shape index (κ1) is 13.2. The third kappa shape index (κ3) is 2.17. The van der Waals surface area contributed by atoms with Gasteiger partial charge in [-0.2, -0.15) is 0 Å². The van der Waals surface area contributed by atoms with Gasteiger partial charge in [0.25, 0.3) is 0 Å². The predicted octanol–water partition coefficient (Wildman–Crippen LogP) is 3.70. The van der Waals surface area contributed by atoms with Crippen molar-refractivity contribution in [3.8, 4) is 0 Å². The van der Waals surface area contributed by atoms with E-state index >= 15 is 0 Å². The Labute approximate surface area is 113 Å². The molecule has 0 saturated heterocycles. The number of nitrogens with zero attached hydrogens (tertiary/aromatic N) is 1. The van der Waals surface area contributed by atoms with E-state index < -0.39 is 0 Å². The number of rotatable bonds is 1. The largest absolute Gasteiger partial charge is 0.307 e. The number of allylic oxidation sites excluding steroid dienone is 1. The Morgan fingerprint density at radius 1 is 1.33 bits per heavy atom. The van der Waals surface area contributed by atoms with E-state index in [4.69, 9.17) is 11.6 Å². The van der Waals surface area contributed by atoms with Crippen molar-refractivity contribution in [3.05, 3.63) is 35.9 Å². The maximum absolute atomic E-state index is 12.1. The zero-order valence-corrected chi connectivity index (χ0v) is 11.7. The summed E-state index contributed by atoms with van der Waals surface area (Å²) in [5, 5.41) is 0. The molecule has 96 valence electrons. The van der Waals surface area contributed by atoms with Crippen molar-refractivity contribution in [2.45, 2.75) is 26.8 Å². The average molecular weight is 264 g/mol. The highest BCUT2D eigenvalue weighted by Gasteiger charge is 2.29. The molecule has 0 aliphatic carbocycles. The molecule has 1 heterocycles. The Kier molecular flexibility index (Phi) is 3.76. The number of para-hydroxylation sites is 1. The molecule has 0 radical (unpaired) electrons. The number of anilines is 1. The van der Waals surface area contributed by atoms with Crippen LogP contribution in [-0.2, 0) is 4.79 Å². The van der Waals surface area contributed by atoms with Gasteiger partial charge in [0.2, 0.25) is 5.91 Å². The molecule has 0 fully saturated rings. The summed E-state index contributed by atoms with van der Waals surface area (Å²) in [6, 6.07) is 8.13. The second-order valence-corrected chi connectivity index (χ2v) is 5.13. The van der Waals surface area contributed by atoms with Crippen LogP contribution in [0, 0.1) is 5.92 Å². The Balaban J connectivity index is 2.60. The molecule has 1 aliphatic rings. The molecule has 2 atom stereocenters. The van der Waals surface area contributed by atoms with Crippen LogP contribution in [0.4, 0.5) is 5.69 Å². The predicted molar refractivity (Wildman–Crippen MR) is 76.9 cm³/mol. The van der Waals surface area contributed by atoms with Gasteiger partial charge >= 0.3 is 0 Å². The lowest BCUT2D eigenvalue weighted by atomic mass is 10.00. The molecule has 1 aliphatic heterocycles. The van der Waals surface area contributed by atoms with Crippen LogP contribution in [0.2, 0.25) is 0 Å².